The summed E-state index contributed by atoms with van der Waals surface area (Å²) in [6, 6.07) is 1.35. The lowest BCUT2D eigenvalue weighted by atomic mass is 9.95. The zero-order valence-corrected chi connectivity index (χ0v) is 9.73. The Morgan fingerprint density at radius 2 is 2.00 bits per heavy atom. The molecule has 88 valence electrons. The Hall–Kier alpha value is -0.900. The molecule has 1 aromatic heterocycles. The Morgan fingerprint density at radius 3 is 2.75 bits per heavy atom. The second kappa shape index (κ2) is 4.53. The molecular weight excluding hydrogens is 200 g/mol. The van der Waals surface area contributed by atoms with Gasteiger partial charge < -0.3 is 5.32 Å². The molecule has 0 aliphatic heterocycles. The van der Waals surface area contributed by atoms with Gasteiger partial charge in [0.25, 0.3) is 0 Å². The van der Waals surface area contributed by atoms with Crippen LogP contribution in [-0.4, -0.2) is 20.8 Å². The van der Waals surface area contributed by atoms with Crippen LogP contribution in [0.25, 0.3) is 0 Å². The van der Waals surface area contributed by atoms with Crippen LogP contribution in [0.1, 0.15) is 56.8 Å². The molecule has 0 atom stereocenters. The van der Waals surface area contributed by atoms with Crippen molar-refractivity contribution in [1.82, 2.24) is 20.1 Å². The summed E-state index contributed by atoms with van der Waals surface area (Å²) in [7, 11) is 0. The molecule has 2 saturated carbocycles. The predicted molar refractivity (Wildman–Crippen MR) is 62.0 cm³/mol. The van der Waals surface area contributed by atoms with E-state index in [1.807, 2.05) is 0 Å². The summed E-state index contributed by atoms with van der Waals surface area (Å²) < 4.78 is 2.16. The summed E-state index contributed by atoms with van der Waals surface area (Å²) in [4.78, 5) is 4.38. The van der Waals surface area contributed by atoms with Gasteiger partial charge in [-0.3, -0.25) is 0 Å². The molecule has 4 nitrogen and oxygen atoms in total. The number of rotatable bonds is 4. The first-order chi connectivity index (χ1) is 7.93. The average Bonchev–Trinajstić information content (AvgIpc) is 3.05. The highest BCUT2D eigenvalue weighted by Gasteiger charge is 2.23. The molecule has 0 aromatic carbocycles. The number of hydrogen-bond acceptors (Lipinski definition) is 3. The van der Waals surface area contributed by atoms with Gasteiger partial charge in [0.2, 0.25) is 0 Å². The van der Waals surface area contributed by atoms with Crippen LogP contribution in [0.2, 0.25) is 0 Å². The lowest BCUT2D eigenvalue weighted by molar-refractivity contribution is 0.318. The predicted octanol–water partition coefficient (Wildman–Crippen LogP) is 2.04. The van der Waals surface area contributed by atoms with Crippen molar-refractivity contribution in [3.05, 3.63) is 12.2 Å². The smallest absolute Gasteiger partial charge is 0.141 e. The fourth-order valence-electron chi connectivity index (χ4n) is 2.55. The molecule has 1 heterocycles. The molecular formula is C12H20N4. The van der Waals surface area contributed by atoms with Gasteiger partial charge in [0.15, 0.2) is 0 Å². The van der Waals surface area contributed by atoms with Gasteiger partial charge in [-0.2, -0.15) is 5.10 Å². The minimum atomic E-state index is 0.604. The van der Waals surface area contributed by atoms with Gasteiger partial charge in [0.05, 0.1) is 12.6 Å². The molecule has 16 heavy (non-hydrogen) atoms. The summed E-state index contributed by atoms with van der Waals surface area (Å²) in [5.74, 6) is 1.12. The van der Waals surface area contributed by atoms with Gasteiger partial charge in [0, 0.05) is 6.04 Å². The summed E-state index contributed by atoms with van der Waals surface area (Å²) >= 11 is 0. The van der Waals surface area contributed by atoms with Crippen LogP contribution in [0, 0.1) is 0 Å². The lowest BCUT2D eigenvalue weighted by Crippen LogP contribution is -2.22. The van der Waals surface area contributed by atoms with E-state index in [1.54, 1.807) is 6.33 Å². The van der Waals surface area contributed by atoms with Crippen molar-refractivity contribution in [3.8, 4) is 0 Å². The van der Waals surface area contributed by atoms with E-state index in [4.69, 9.17) is 0 Å². The van der Waals surface area contributed by atoms with Crippen LogP contribution in [0.4, 0.5) is 0 Å². The van der Waals surface area contributed by atoms with E-state index in [0.29, 0.717) is 6.04 Å². The van der Waals surface area contributed by atoms with Crippen molar-refractivity contribution in [2.75, 3.05) is 0 Å². The number of nitrogens with one attached hydrogen (secondary N) is 1. The summed E-state index contributed by atoms with van der Waals surface area (Å²) in [5.41, 5.74) is 0. The van der Waals surface area contributed by atoms with Crippen molar-refractivity contribution in [2.24, 2.45) is 0 Å². The van der Waals surface area contributed by atoms with Crippen LogP contribution in [0.5, 0.6) is 0 Å². The van der Waals surface area contributed by atoms with E-state index < -0.39 is 0 Å². The highest BCUT2D eigenvalue weighted by molar-refractivity contribution is 4.91. The maximum atomic E-state index is 4.40. The minimum Gasteiger partial charge on any atom is -0.307 e. The molecule has 1 aromatic rings. The van der Waals surface area contributed by atoms with E-state index in [0.717, 1.165) is 18.4 Å². The second-order valence-electron chi connectivity index (χ2n) is 5.07. The van der Waals surface area contributed by atoms with E-state index >= 15 is 0 Å². The third-order valence-corrected chi connectivity index (χ3v) is 3.69. The van der Waals surface area contributed by atoms with Gasteiger partial charge in [-0.25, -0.2) is 9.67 Å². The van der Waals surface area contributed by atoms with Gasteiger partial charge in [-0.05, 0) is 25.7 Å². The molecule has 2 aliphatic carbocycles. The van der Waals surface area contributed by atoms with Gasteiger partial charge in [-0.1, -0.05) is 19.3 Å². The van der Waals surface area contributed by atoms with Crippen LogP contribution in [0.3, 0.4) is 0 Å². The molecule has 0 saturated heterocycles. The first-order valence-electron chi connectivity index (χ1n) is 6.55. The normalized spacial score (nSPS) is 22.5. The number of aromatic nitrogens is 3. The standard InChI is InChI=1S/C12H20N4/c1-2-4-11(5-3-1)16-12(14-9-15-16)8-13-10-6-7-10/h9-11,13H,1-8H2. The van der Waals surface area contributed by atoms with Gasteiger partial charge in [-0.15, -0.1) is 0 Å². The van der Waals surface area contributed by atoms with Crippen LogP contribution in [0.15, 0.2) is 6.33 Å². The zero-order valence-electron chi connectivity index (χ0n) is 9.73. The number of hydrogen-bond donors (Lipinski definition) is 1. The van der Waals surface area contributed by atoms with E-state index in [-0.39, 0.29) is 0 Å². The first kappa shape index (κ1) is 10.3. The van der Waals surface area contributed by atoms with Crippen LogP contribution >= 0.6 is 0 Å². The Morgan fingerprint density at radius 1 is 1.19 bits per heavy atom. The molecule has 0 spiro atoms. The third-order valence-electron chi connectivity index (χ3n) is 3.69. The molecule has 0 unspecified atom stereocenters. The molecule has 0 amide bonds. The Kier molecular flexibility index (Phi) is 2.91. The van der Waals surface area contributed by atoms with Crippen LogP contribution < -0.4 is 5.32 Å². The molecule has 0 bridgehead atoms. The average molecular weight is 220 g/mol. The van der Waals surface area contributed by atoms with Crippen LogP contribution in [-0.2, 0) is 6.54 Å². The minimum absolute atomic E-state index is 0.604. The molecule has 3 rings (SSSR count). The summed E-state index contributed by atoms with van der Waals surface area (Å²) in [5, 5.41) is 7.92. The zero-order chi connectivity index (χ0) is 10.8. The summed E-state index contributed by atoms with van der Waals surface area (Å²) in [6.07, 6.45) is 11.0. The first-order valence-corrected chi connectivity index (χ1v) is 6.55. The van der Waals surface area contributed by atoms with E-state index in [2.05, 4.69) is 20.1 Å². The third kappa shape index (κ3) is 2.26. The molecule has 2 fully saturated rings. The fourth-order valence-corrected chi connectivity index (χ4v) is 2.55. The second-order valence-corrected chi connectivity index (χ2v) is 5.07. The summed E-state index contributed by atoms with van der Waals surface area (Å²) in [6.45, 7) is 0.890. The van der Waals surface area contributed by atoms with Crippen molar-refractivity contribution in [1.29, 1.82) is 0 Å². The maximum Gasteiger partial charge on any atom is 0.141 e. The molecule has 0 radical (unpaired) electrons. The maximum absolute atomic E-state index is 4.40. The lowest BCUT2D eigenvalue weighted by Gasteiger charge is -2.23. The Balaban J connectivity index is 1.65. The monoisotopic (exact) mass is 220 g/mol. The van der Waals surface area contributed by atoms with Crippen molar-refractivity contribution < 1.29 is 0 Å². The highest BCUT2D eigenvalue weighted by Crippen LogP contribution is 2.28. The van der Waals surface area contributed by atoms with Crippen molar-refractivity contribution in [3.63, 3.8) is 0 Å². The SMILES string of the molecule is c1nc(CNC2CC2)n(C2CCCCC2)n1. The van der Waals surface area contributed by atoms with E-state index in [9.17, 15) is 0 Å². The Labute approximate surface area is 96.4 Å². The molecule has 4 heteroatoms. The number of nitrogens with zero attached hydrogens (tertiary/aromatic N) is 3. The van der Waals surface area contributed by atoms with Gasteiger partial charge >= 0.3 is 0 Å². The van der Waals surface area contributed by atoms with Gasteiger partial charge in [0.1, 0.15) is 12.2 Å². The topological polar surface area (TPSA) is 42.7 Å². The van der Waals surface area contributed by atoms with Crippen molar-refractivity contribution in [2.45, 2.75) is 63.6 Å². The fraction of sp³-hybridized carbons (Fsp3) is 0.833. The van der Waals surface area contributed by atoms with E-state index in [1.165, 1.54) is 44.9 Å². The molecule has 1 N–H and O–H groups in total. The Bertz CT molecular complexity index is 337. The quantitative estimate of drug-likeness (QED) is 0.844. The molecule has 2 aliphatic rings. The van der Waals surface area contributed by atoms with Crippen molar-refractivity contribution >= 4 is 0 Å². The highest BCUT2D eigenvalue weighted by atomic mass is 15.4. The largest absolute Gasteiger partial charge is 0.307 e.